The van der Waals surface area contributed by atoms with E-state index in [0.29, 0.717) is 5.89 Å². The summed E-state index contributed by atoms with van der Waals surface area (Å²) in [6, 6.07) is 1.99. The molecule has 2 aromatic rings. The Morgan fingerprint density at radius 3 is 2.55 bits per heavy atom. The minimum Gasteiger partial charge on any atom is -0.425 e. The van der Waals surface area contributed by atoms with Crippen molar-refractivity contribution in [3.05, 3.63) is 29.2 Å². The first-order chi connectivity index (χ1) is 9.61. The average Bonchev–Trinajstić information content (AvgIpc) is 2.85. The first kappa shape index (κ1) is 13.0. The predicted octanol–water partition coefficient (Wildman–Crippen LogP) is 2.17. The summed E-state index contributed by atoms with van der Waals surface area (Å²) in [5, 5.41) is 8.07. The van der Waals surface area contributed by atoms with E-state index in [2.05, 4.69) is 25.1 Å². The minimum atomic E-state index is 0.273. The lowest BCUT2D eigenvalue weighted by atomic mass is 9.98. The number of rotatable bonds is 2. The molecule has 3 heterocycles. The van der Waals surface area contributed by atoms with Gasteiger partial charge >= 0.3 is 0 Å². The van der Waals surface area contributed by atoms with Gasteiger partial charge in [-0.25, -0.2) is 9.97 Å². The molecular weight excluding hydrogens is 254 g/mol. The summed E-state index contributed by atoms with van der Waals surface area (Å²) in [6.07, 6.45) is 2.16. The van der Waals surface area contributed by atoms with Crippen molar-refractivity contribution in [2.45, 2.75) is 39.5 Å². The normalized spacial score (nSPS) is 19.4. The van der Waals surface area contributed by atoms with E-state index in [-0.39, 0.29) is 5.92 Å². The van der Waals surface area contributed by atoms with Crippen molar-refractivity contribution < 1.29 is 4.42 Å². The van der Waals surface area contributed by atoms with Crippen LogP contribution >= 0.6 is 0 Å². The molecule has 0 bridgehead atoms. The maximum atomic E-state index is 5.56. The number of aryl methyl sites for hydroxylation is 3. The fourth-order valence-corrected chi connectivity index (χ4v) is 2.69. The molecule has 2 aromatic heterocycles. The van der Waals surface area contributed by atoms with Crippen molar-refractivity contribution >= 4 is 5.95 Å². The first-order valence-corrected chi connectivity index (χ1v) is 6.99. The minimum absolute atomic E-state index is 0.273. The summed E-state index contributed by atoms with van der Waals surface area (Å²) in [5.74, 6) is 2.44. The van der Waals surface area contributed by atoms with Crippen LogP contribution in [0.5, 0.6) is 0 Å². The van der Waals surface area contributed by atoms with Crippen molar-refractivity contribution in [3.63, 3.8) is 0 Å². The summed E-state index contributed by atoms with van der Waals surface area (Å²) in [6.45, 7) is 7.64. The Kier molecular flexibility index (Phi) is 3.38. The van der Waals surface area contributed by atoms with Gasteiger partial charge in [-0.15, -0.1) is 10.2 Å². The van der Waals surface area contributed by atoms with Gasteiger partial charge in [-0.3, -0.25) is 0 Å². The summed E-state index contributed by atoms with van der Waals surface area (Å²) < 4.78 is 5.56. The zero-order valence-corrected chi connectivity index (χ0v) is 12.1. The van der Waals surface area contributed by atoms with Crippen molar-refractivity contribution in [3.8, 4) is 0 Å². The van der Waals surface area contributed by atoms with Gasteiger partial charge in [0.2, 0.25) is 17.7 Å². The molecule has 0 aromatic carbocycles. The highest BCUT2D eigenvalue weighted by Gasteiger charge is 2.26. The van der Waals surface area contributed by atoms with Crippen LogP contribution in [0.25, 0.3) is 0 Å². The Bertz CT molecular complexity index is 589. The molecule has 6 nitrogen and oxygen atoms in total. The molecule has 1 saturated heterocycles. The molecule has 1 aliphatic heterocycles. The lowest BCUT2D eigenvalue weighted by Gasteiger charge is -2.31. The summed E-state index contributed by atoms with van der Waals surface area (Å²) in [5.41, 5.74) is 2.01. The molecule has 0 saturated carbocycles. The second-order valence-corrected chi connectivity index (χ2v) is 5.40. The highest BCUT2D eigenvalue weighted by molar-refractivity contribution is 5.33. The van der Waals surface area contributed by atoms with E-state index in [1.807, 2.05) is 26.8 Å². The maximum Gasteiger partial charge on any atom is 0.225 e. The van der Waals surface area contributed by atoms with Gasteiger partial charge in [0, 0.05) is 31.4 Å². The van der Waals surface area contributed by atoms with Crippen LogP contribution in [0.3, 0.4) is 0 Å². The smallest absolute Gasteiger partial charge is 0.225 e. The Morgan fingerprint density at radius 2 is 1.90 bits per heavy atom. The number of anilines is 1. The molecule has 1 atom stereocenters. The van der Waals surface area contributed by atoms with Gasteiger partial charge in [0.25, 0.3) is 0 Å². The standard InChI is InChI=1S/C14H19N5O/c1-9-7-10(2)16-14(15-9)19-6-4-5-12(8-19)13-18-17-11(3)20-13/h7,12H,4-6,8H2,1-3H3. The Hall–Kier alpha value is -1.98. The third-order valence-electron chi connectivity index (χ3n) is 3.57. The van der Waals surface area contributed by atoms with Crippen LogP contribution < -0.4 is 4.90 Å². The molecule has 0 aliphatic carbocycles. The van der Waals surface area contributed by atoms with Crippen LogP contribution in [0.15, 0.2) is 10.5 Å². The molecule has 0 radical (unpaired) electrons. The molecule has 106 valence electrons. The van der Waals surface area contributed by atoms with E-state index in [9.17, 15) is 0 Å². The highest BCUT2D eigenvalue weighted by atomic mass is 16.4. The van der Waals surface area contributed by atoms with Crippen LogP contribution in [-0.2, 0) is 0 Å². The zero-order chi connectivity index (χ0) is 14.1. The number of hydrogen-bond donors (Lipinski definition) is 0. The van der Waals surface area contributed by atoms with Crippen LogP contribution in [0.2, 0.25) is 0 Å². The van der Waals surface area contributed by atoms with E-state index < -0.39 is 0 Å². The lowest BCUT2D eigenvalue weighted by Crippen LogP contribution is -2.35. The van der Waals surface area contributed by atoms with E-state index in [4.69, 9.17) is 4.42 Å². The van der Waals surface area contributed by atoms with E-state index in [1.165, 1.54) is 0 Å². The monoisotopic (exact) mass is 273 g/mol. The molecule has 1 fully saturated rings. The molecule has 0 spiro atoms. The quantitative estimate of drug-likeness (QED) is 0.835. The second-order valence-electron chi connectivity index (χ2n) is 5.40. The average molecular weight is 273 g/mol. The third kappa shape index (κ3) is 2.64. The Morgan fingerprint density at radius 1 is 1.15 bits per heavy atom. The third-order valence-corrected chi connectivity index (χ3v) is 3.57. The molecule has 1 aliphatic rings. The van der Waals surface area contributed by atoms with Crippen molar-refractivity contribution in [1.29, 1.82) is 0 Å². The molecule has 1 unspecified atom stereocenters. The SMILES string of the molecule is Cc1cc(C)nc(N2CCCC(c3nnc(C)o3)C2)n1. The van der Waals surface area contributed by atoms with Gasteiger partial charge < -0.3 is 9.32 Å². The van der Waals surface area contributed by atoms with Gasteiger partial charge in [-0.05, 0) is 32.8 Å². The first-order valence-electron chi connectivity index (χ1n) is 6.99. The van der Waals surface area contributed by atoms with E-state index in [1.54, 1.807) is 0 Å². The number of nitrogens with zero attached hydrogens (tertiary/aromatic N) is 5. The summed E-state index contributed by atoms with van der Waals surface area (Å²) in [7, 11) is 0. The van der Waals surface area contributed by atoms with Crippen LogP contribution in [0, 0.1) is 20.8 Å². The maximum absolute atomic E-state index is 5.56. The Balaban J connectivity index is 1.81. The largest absolute Gasteiger partial charge is 0.425 e. The summed E-state index contributed by atoms with van der Waals surface area (Å²) >= 11 is 0. The van der Waals surface area contributed by atoms with Gasteiger partial charge in [0.1, 0.15) is 0 Å². The molecule has 20 heavy (non-hydrogen) atoms. The predicted molar refractivity (Wildman–Crippen MR) is 74.7 cm³/mol. The molecule has 0 amide bonds. The molecular formula is C14H19N5O. The zero-order valence-electron chi connectivity index (χ0n) is 12.1. The van der Waals surface area contributed by atoms with Crippen LogP contribution in [0.1, 0.15) is 41.9 Å². The topological polar surface area (TPSA) is 67.9 Å². The number of piperidine rings is 1. The van der Waals surface area contributed by atoms with Gasteiger partial charge in [-0.2, -0.15) is 0 Å². The van der Waals surface area contributed by atoms with E-state index >= 15 is 0 Å². The van der Waals surface area contributed by atoms with Crippen molar-refractivity contribution in [2.24, 2.45) is 0 Å². The molecule has 3 rings (SSSR count). The van der Waals surface area contributed by atoms with Crippen molar-refractivity contribution in [1.82, 2.24) is 20.2 Å². The van der Waals surface area contributed by atoms with Crippen LogP contribution in [0.4, 0.5) is 5.95 Å². The van der Waals surface area contributed by atoms with Gasteiger partial charge in [0.05, 0.1) is 5.92 Å². The summed E-state index contributed by atoms with van der Waals surface area (Å²) in [4.78, 5) is 11.3. The number of hydrogen-bond acceptors (Lipinski definition) is 6. The van der Waals surface area contributed by atoms with Gasteiger partial charge in [0.15, 0.2) is 0 Å². The highest BCUT2D eigenvalue weighted by Crippen LogP contribution is 2.27. The molecule has 0 N–H and O–H groups in total. The van der Waals surface area contributed by atoms with Gasteiger partial charge in [-0.1, -0.05) is 0 Å². The Labute approximate surface area is 118 Å². The van der Waals surface area contributed by atoms with E-state index in [0.717, 1.165) is 49.2 Å². The van der Waals surface area contributed by atoms with Crippen LogP contribution in [-0.4, -0.2) is 33.3 Å². The van der Waals surface area contributed by atoms with Crippen molar-refractivity contribution in [2.75, 3.05) is 18.0 Å². The lowest BCUT2D eigenvalue weighted by molar-refractivity contribution is 0.386. The fourth-order valence-electron chi connectivity index (χ4n) is 2.69. The second kappa shape index (κ2) is 5.19. The molecule has 6 heteroatoms. The fraction of sp³-hybridized carbons (Fsp3) is 0.571. The number of aromatic nitrogens is 4.